The van der Waals surface area contributed by atoms with Crippen LogP contribution in [0.25, 0.3) is 0 Å². The molecule has 0 aliphatic rings. The molecule has 0 atom stereocenters. The van der Waals surface area contributed by atoms with Crippen LogP contribution in [0.1, 0.15) is 32.8 Å². The SMILES string of the molecule is CN(CCCNC(=O)CSC(C)(C)C)Cc1ccccc1. The van der Waals surface area contributed by atoms with E-state index in [1.165, 1.54) is 5.56 Å². The van der Waals surface area contributed by atoms with Gasteiger partial charge in [0.15, 0.2) is 0 Å². The predicted octanol–water partition coefficient (Wildman–Crippen LogP) is 3.16. The Bertz CT molecular complexity index is 415. The number of nitrogens with one attached hydrogen (secondary N) is 1. The van der Waals surface area contributed by atoms with Gasteiger partial charge in [0.25, 0.3) is 0 Å². The third-order valence-electron chi connectivity index (χ3n) is 2.97. The smallest absolute Gasteiger partial charge is 0.230 e. The molecule has 0 radical (unpaired) electrons. The zero-order valence-corrected chi connectivity index (χ0v) is 14.5. The summed E-state index contributed by atoms with van der Waals surface area (Å²) in [6.07, 6.45) is 0.981. The lowest BCUT2D eigenvalue weighted by Gasteiger charge is -2.18. The molecule has 0 aliphatic heterocycles. The average molecular weight is 308 g/mol. The van der Waals surface area contributed by atoms with Crippen LogP contribution in [0.4, 0.5) is 0 Å². The number of thioether (sulfide) groups is 1. The Morgan fingerprint density at radius 1 is 1.24 bits per heavy atom. The standard InChI is InChI=1S/C17H28N2OS/c1-17(2,3)21-14-16(20)18-11-8-12-19(4)13-15-9-6-5-7-10-15/h5-7,9-10H,8,11-14H2,1-4H3,(H,18,20). The molecule has 1 amide bonds. The highest BCUT2D eigenvalue weighted by Gasteiger charge is 2.12. The van der Waals surface area contributed by atoms with Gasteiger partial charge in [0.05, 0.1) is 5.75 Å². The van der Waals surface area contributed by atoms with Gasteiger partial charge >= 0.3 is 0 Å². The molecular formula is C17H28N2OS. The first-order valence-corrected chi connectivity index (χ1v) is 8.48. The van der Waals surface area contributed by atoms with Crippen LogP contribution < -0.4 is 5.32 Å². The van der Waals surface area contributed by atoms with Gasteiger partial charge in [-0.15, -0.1) is 11.8 Å². The van der Waals surface area contributed by atoms with Crippen molar-refractivity contribution in [2.24, 2.45) is 0 Å². The Hall–Kier alpha value is -1.00. The average Bonchev–Trinajstić information content (AvgIpc) is 2.42. The second-order valence-corrected chi connectivity index (χ2v) is 8.13. The van der Waals surface area contributed by atoms with E-state index in [0.717, 1.165) is 26.1 Å². The van der Waals surface area contributed by atoms with Crippen molar-refractivity contribution >= 4 is 17.7 Å². The summed E-state index contributed by atoms with van der Waals surface area (Å²) in [6, 6.07) is 10.4. The lowest BCUT2D eigenvalue weighted by molar-refractivity contribution is -0.118. The molecule has 0 aromatic heterocycles. The normalized spacial score (nSPS) is 11.7. The fraction of sp³-hybridized carbons (Fsp3) is 0.588. The monoisotopic (exact) mass is 308 g/mol. The number of benzene rings is 1. The van der Waals surface area contributed by atoms with Crippen LogP contribution in [-0.2, 0) is 11.3 Å². The largest absolute Gasteiger partial charge is 0.355 e. The molecule has 0 aliphatic carbocycles. The van der Waals surface area contributed by atoms with Gasteiger partial charge in [0, 0.05) is 17.8 Å². The van der Waals surface area contributed by atoms with E-state index in [9.17, 15) is 4.79 Å². The van der Waals surface area contributed by atoms with Gasteiger partial charge in [-0.05, 0) is 25.6 Å². The van der Waals surface area contributed by atoms with Crippen LogP contribution in [-0.4, -0.2) is 41.4 Å². The van der Waals surface area contributed by atoms with Gasteiger partial charge < -0.3 is 10.2 Å². The highest BCUT2D eigenvalue weighted by Crippen LogP contribution is 2.22. The molecule has 1 aromatic rings. The number of hydrogen-bond donors (Lipinski definition) is 1. The molecule has 0 saturated carbocycles. The van der Waals surface area contributed by atoms with Crippen LogP contribution >= 0.6 is 11.8 Å². The molecular weight excluding hydrogens is 280 g/mol. The van der Waals surface area contributed by atoms with Gasteiger partial charge in [-0.1, -0.05) is 51.1 Å². The van der Waals surface area contributed by atoms with E-state index in [-0.39, 0.29) is 10.7 Å². The zero-order chi connectivity index (χ0) is 15.7. The second-order valence-electron chi connectivity index (χ2n) is 6.33. The molecule has 1 rings (SSSR count). The van der Waals surface area contributed by atoms with Crippen molar-refractivity contribution in [2.45, 2.75) is 38.5 Å². The first kappa shape index (κ1) is 18.1. The van der Waals surface area contributed by atoms with Crippen molar-refractivity contribution in [1.29, 1.82) is 0 Å². The molecule has 118 valence electrons. The van der Waals surface area contributed by atoms with Gasteiger partial charge in [-0.2, -0.15) is 0 Å². The van der Waals surface area contributed by atoms with E-state index in [1.54, 1.807) is 11.8 Å². The van der Waals surface area contributed by atoms with Gasteiger partial charge in [0.1, 0.15) is 0 Å². The summed E-state index contributed by atoms with van der Waals surface area (Å²) < 4.78 is 0.146. The van der Waals surface area contributed by atoms with Gasteiger partial charge in [-0.25, -0.2) is 0 Å². The number of carbonyl (C=O) groups excluding carboxylic acids is 1. The van der Waals surface area contributed by atoms with E-state index < -0.39 is 0 Å². The number of carbonyl (C=O) groups is 1. The molecule has 0 spiro atoms. The fourth-order valence-electron chi connectivity index (χ4n) is 1.88. The minimum absolute atomic E-state index is 0.139. The van der Waals surface area contributed by atoms with Gasteiger partial charge in [-0.3, -0.25) is 4.79 Å². The van der Waals surface area contributed by atoms with E-state index in [0.29, 0.717) is 5.75 Å². The minimum atomic E-state index is 0.139. The van der Waals surface area contributed by atoms with E-state index >= 15 is 0 Å². The third kappa shape index (κ3) is 9.53. The third-order valence-corrected chi connectivity index (χ3v) is 4.24. The summed E-state index contributed by atoms with van der Waals surface area (Å²) in [6.45, 7) is 9.08. The Morgan fingerprint density at radius 3 is 2.52 bits per heavy atom. The molecule has 0 saturated heterocycles. The maximum atomic E-state index is 11.7. The van der Waals surface area contributed by atoms with Crippen molar-refractivity contribution in [3.05, 3.63) is 35.9 Å². The Morgan fingerprint density at radius 2 is 1.90 bits per heavy atom. The number of hydrogen-bond acceptors (Lipinski definition) is 3. The Balaban J connectivity index is 2.09. The molecule has 4 heteroatoms. The predicted molar refractivity (Wildman–Crippen MR) is 92.6 cm³/mol. The van der Waals surface area contributed by atoms with Crippen LogP contribution in [0, 0.1) is 0 Å². The van der Waals surface area contributed by atoms with Crippen molar-refractivity contribution in [2.75, 3.05) is 25.9 Å². The molecule has 3 nitrogen and oxygen atoms in total. The molecule has 0 fully saturated rings. The first-order valence-electron chi connectivity index (χ1n) is 7.50. The molecule has 1 aromatic carbocycles. The maximum absolute atomic E-state index is 11.7. The minimum Gasteiger partial charge on any atom is -0.355 e. The topological polar surface area (TPSA) is 32.3 Å². The fourth-order valence-corrected chi connectivity index (χ4v) is 2.55. The molecule has 0 bridgehead atoms. The molecule has 21 heavy (non-hydrogen) atoms. The van der Waals surface area contributed by atoms with Crippen LogP contribution in [0.5, 0.6) is 0 Å². The highest BCUT2D eigenvalue weighted by molar-refractivity contribution is 8.01. The van der Waals surface area contributed by atoms with E-state index in [2.05, 4.69) is 62.3 Å². The zero-order valence-electron chi connectivity index (χ0n) is 13.7. The summed E-state index contributed by atoms with van der Waals surface area (Å²) in [5.74, 6) is 0.684. The van der Waals surface area contributed by atoms with E-state index in [4.69, 9.17) is 0 Å². The number of rotatable bonds is 8. The van der Waals surface area contributed by atoms with E-state index in [1.807, 2.05) is 6.07 Å². The number of amides is 1. The van der Waals surface area contributed by atoms with Crippen LogP contribution in [0.2, 0.25) is 0 Å². The quantitative estimate of drug-likeness (QED) is 0.749. The van der Waals surface area contributed by atoms with Crippen LogP contribution in [0.3, 0.4) is 0 Å². The molecule has 0 unspecified atom stereocenters. The molecule has 1 N–H and O–H groups in total. The highest BCUT2D eigenvalue weighted by atomic mass is 32.2. The van der Waals surface area contributed by atoms with Crippen molar-refractivity contribution in [3.8, 4) is 0 Å². The number of nitrogens with zero attached hydrogens (tertiary/aromatic N) is 1. The maximum Gasteiger partial charge on any atom is 0.230 e. The Kier molecular flexibility index (Phi) is 7.83. The van der Waals surface area contributed by atoms with Gasteiger partial charge in [0.2, 0.25) is 5.91 Å². The summed E-state index contributed by atoms with van der Waals surface area (Å²) in [5.41, 5.74) is 1.32. The second kappa shape index (κ2) is 9.11. The van der Waals surface area contributed by atoms with Crippen molar-refractivity contribution in [1.82, 2.24) is 10.2 Å². The van der Waals surface area contributed by atoms with Crippen molar-refractivity contribution in [3.63, 3.8) is 0 Å². The summed E-state index contributed by atoms with van der Waals surface area (Å²) in [7, 11) is 2.12. The Labute approximate surface area is 133 Å². The lowest BCUT2D eigenvalue weighted by atomic mass is 10.2. The lowest BCUT2D eigenvalue weighted by Crippen LogP contribution is -2.30. The molecule has 0 heterocycles. The van der Waals surface area contributed by atoms with Crippen LogP contribution in [0.15, 0.2) is 30.3 Å². The summed E-state index contributed by atoms with van der Waals surface area (Å²) >= 11 is 1.69. The summed E-state index contributed by atoms with van der Waals surface area (Å²) in [5, 5.41) is 2.99. The summed E-state index contributed by atoms with van der Waals surface area (Å²) in [4.78, 5) is 14.0. The van der Waals surface area contributed by atoms with Crippen molar-refractivity contribution < 1.29 is 4.79 Å². The first-order chi connectivity index (χ1) is 9.87.